The van der Waals surface area contributed by atoms with Crippen molar-refractivity contribution in [2.24, 2.45) is 0 Å². The van der Waals surface area contributed by atoms with Crippen LogP contribution in [-0.2, 0) is 6.54 Å². The average Bonchev–Trinajstić information content (AvgIpc) is 2.97. The van der Waals surface area contributed by atoms with Crippen molar-refractivity contribution in [1.82, 2.24) is 4.90 Å². The topological polar surface area (TPSA) is 38.8 Å². The molecule has 25 heavy (non-hydrogen) atoms. The average molecular weight is 376 g/mol. The van der Waals surface area contributed by atoms with E-state index in [0.717, 1.165) is 15.6 Å². The zero-order valence-electron chi connectivity index (χ0n) is 14.2. The number of carbonyl (C=O) groups excluding carboxylic acids is 1. The van der Waals surface area contributed by atoms with Crippen molar-refractivity contribution >= 4 is 38.9 Å². The molecule has 0 aliphatic heterocycles. The van der Waals surface area contributed by atoms with Gasteiger partial charge in [-0.05, 0) is 12.1 Å². The van der Waals surface area contributed by atoms with Crippen LogP contribution in [-0.4, -0.2) is 32.1 Å². The third-order valence-corrected chi connectivity index (χ3v) is 5.63. The Morgan fingerprint density at radius 2 is 1.88 bits per heavy atom. The highest BCUT2D eigenvalue weighted by Gasteiger charge is 2.21. The Bertz CT molecular complexity index is 922. The molecule has 0 spiro atoms. The van der Waals surface area contributed by atoms with Crippen LogP contribution in [0.2, 0.25) is 5.02 Å². The first-order chi connectivity index (χ1) is 12.1. The summed E-state index contributed by atoms with van der Waals surface area (Å²) in [6.45, 7) is 0.393. The maximum atomic E-state index is 12.9. The zero-order valence-corrected chi connectivity index (χ0v) is 15.8. The minimum Gasteiger partial charge on any atom is -0.493 e. The van der Waals surface area contributed by atoms with Crippen molar-refractivity contribution in [3.8, 4) is 11.5 Å². The fourth-order valence-electron chi connectivity index (χ4n) is 2.73. The molecule has 0 saturated carbocycles. The summed E-state index contributed by atoms with van der Waals surface area (Å²) < 4.78 is 11.8. The van der Waals surface area contributed by atoms with Gasteiger partial charge in [0, 0.05) is 29.2 Å². The number of benzene rings is 2. The van der Waals surface area contributed by atoms with E-state index in [1.807, 2.05) is 42.5 Å². The number of para-hydroxylation sites is 1. The van der Waals surface area contributed by atoms with Crippen LogP contribution in [0.4, 0.5) is 0 Å². The Morgan fingerprint density at radius 3 is 2.56 bits per heavy atom. The normalized spacial score (nSPS) is 10.7. The number of ether oxygens (including phenoxy) is 2. The Morgan fingerprint density at radius 1 is 1.12 bits per heavy atom. The van der Waals surface area contributed by atoms with Gasteiger partial charge in [0.15, 0.2) is 11.5 Å². The van der Waals surface area contributed by atoms with E-state index in [1.54, 1.807) is 26.2 Å². The minimum atomic E-state index is -0.115. The number of rotatable bonds is 5. The van der Waals surface area contributed by atoms with Gasteiger partial charge in [-0.15, -0.1) is 11.3 Å². The van der Waals surface area contributed by atoms with E-state index in [4.69, 9.17) is 21.1 Å². The van der Waals surface area contributed by atoms with Gasteiger partial charge in [0.05, 0.1) is 19.2 Å². The first-order valence-corrected chi connectivity index (χ1v) is 8.88. The second-order valence-electron chi connectivity index (χ2n) is 5.56. The van der Waals surface area contributed by atoms with E-state index < -0.39 is 0 Å². The lowest BCUT2D eigenvalue weighted by molar-refractivity contribution is 0.0789. The van der Waals surface area contributed by atoms with Crippen LogP contribution >= 0.6 is 22.9 Å². The van der Waals surface area contributed by atoms with Crippen LogP contribution in [0, 0.1) is 0 Å². The molecule has 0 fully saturated rings. The number of hydrogen-bond acceptors (Lipinski definition) is 4. The SMILES string of the molecule is COc1cccc(CN(C)C(=O)c2sc3ccccc3c2Cl)c1OC. The Kier molecular flexibility index (Phi) is 5.16. The Labute approximate surface area is 155 Å². The summed E-state index contributed by atoms with van der Waals surface area (Å²) in [5.41, 5.74) is 0.870. The summed E-state index contributed by atoms with van der Waals surface area (Å²) in [6.07, 6.45) is 0. The van der Waals surface area contributed by atoms with E-state index >= 15 is 0 Å². The number of hydrogen-bond donors (Lipinski definition) is 0. The van der Waals surface area contributed by atoms with Gasteiger partial charge in [-0.25, -0.2) is 0 Å². The first kappa shape index (κ1) is 17.6. The molecule has 0 aliphatic carbocycles. The molecular weight excluding hydrogens is 358 g/mol. The van der Waals surface area contributed by atoms with E-state index in [-0.39, 0.29) is 5.91 Å². The lowest BCUT2D eigenvalue weighted by atomic mass is 10.1. The van der Waals surface area contributed by atoms with Crippen molar-refractivity contribution in [2.45, 2.75) is 6.54 Å². The van der Waals surface area contributed by atoms with Crippen molar-refractivity contribution < 1.29 is 14.3 Å². The summed E-state index contributed by atoms with van der Waals surface area (Å²) in [7, 11) is 4.93. The molecule has 3 aromatic rings. The molecular formula is C19H18ClNO3S. The van der Waals surface area contributed by atoms with Gasteiger partial charge in [-0.2, -0.15) is 0 Å². The molecule has 1 heterocycles. The molecule has 3 rings (SSSR count). The summed E-state index contributed by atoms with van der Waals surface area (Å²) in [6, 6.07) is 13.4. The number of methoxy groups -OCH3 is 2. The second kappa shape index (κ2) is 7.33. The fraction of sp³-hybridized carbons (Fsp3) is 0.211. The Balaban J connectivity index is 1.89. The molecule has 0 N–H and O–H groups in total. The predicted octanol–water partition coefficient (Wildman–Crippen LogP) is 4.84. The van der Waals surface area contributed by atoms with Crippen molar-refractivity contribution in [3.05, 3.63) is 57.9 Å². The maximum Gasteiger partial charge on any atom is 0.265 e. The molecule has 0 unspecified atom stereocenters. The zero-order chi connectivity index (χ0) is 18.0. The maximum absolute atomic E-state index is 12.9. The lowest BCUT2D eigenvalue weighted by Crippen LogP contribution is -2.26. The molecule has 130 valence electrons. The molecule has 0 atom stereocenters. The Hall–Kier alpha value is -2.24. The molecule has 0 radical (unpaired) electrons. The minimum absolute atomic E-state index is 0.115. The molecule has 6 heteroatoms. The molecule has 1 aromatic heterocycles. The fourth-order valence-corrected chi connectivity index (χ4v) is 4.24. The molecule has 1 amide bonds. The van der Waals surface area contributed by atoms with Crippen molar-refractivity contribution in [3.63, 3.8) is 0 Å². The van der Waals surface area contributed by atoms with Crippen molar-refractivity contribution in [2.75, 3.05) is 21.3 Å². The van der Waals surface area contributed by atoms with Crippen LogP contribution in [0.1, 0.15) is 15.2 Å². The van der Waals surface area contributed by atoms with Gasteiger partial charge in [-0.1, -0.05) is 41.9 Å². The van der Waals surface area contributed by atoms with Gasteiger partial charge in [0.1, 0.15) is 4.88 Å². The predicted molar refractivity (Wildman–Crippen MR) is 102 cm³/mol. The smallest absolute Gasteiger partial charge is 0.265 e. The summed E-state index contributed by atoms with van der Waals surface area (Å²) in [4.78, 5) is 15.1. The third-order valence-electron chi connectivity index (χ3n) is 3.97. The van der Waals surface area contributed by atoms with Crippen LogP contribution in [0.3, 0.4) is 0 Å². The summed E-state index contributed by atoms with van der Waals surface area (Å²) >= 11 is 7.83. The number of fused-ring (bicyclic) bond motifs is 1. The largest absolute Gasteiger partial charge is 0.493 e. The number of amides is 1. The standard InChI is InChI=1S/C19H18ClNO3S/c1-21(11-12-7-6-9-14(23-2)17(12)24-3)19(22)18-16(20)13-8-4-5-10-15(13)25-18/h4-10H,11H2,1-3H3. The van der Waals surface area contributed by atoms with Crippen molar-refractivity contribution in [1.29, 1.82) is 0 Å². The number of nitrogens with zero attached hydrogens (tertiary/aromatic N) is 1. The highest BCUT2D eigenvalue weighted by molar-refractivity contribution is 7.21. The highest BCUT2D eigenvalue weighted by atomic mass is 35.5. The van der Waals surface area contributed by atoms with Crippen LogP contribution in [0.5, 0.6) is 11.5 Å². The van der Waals surface area contributed by atoms with E-state index in [0.29, 0.717) is 27.9 Å². The summed E-state index contributed by atoms with van der Waals surface area (Å²) in [5.74, 6) is 1.16. The third kappa shape index (κ3) is 3.30. The lowest BCUT2D eigenvalue weighted by Gasteiger charge is -2.19. The molecule has 0 aliphatic rings. The monoisotopic (exact) mass is 375 g/mol. The molecule has 0 saturated heterocycles. The molecule has 4 nitrogen and oxygen atoms in total. The van der Waals surface area contributed by atoms with Crippen LogP contribution in [0.15, 0.2) is 42.5 Å². The van der Waals surface area contributed by atoms with Gasteiger partial charge in [-0.3, -0.25) is 4.79 Å². The second-order valence-corrected chi connectivity index (χ2v) is 6.99. The number of carbonyl (C=O) groups is 1. The summed E-state index contributed by atoms with van der Waals surface area (Å²) in [5, 5.41) is 1.42. The van der Waals surface area contributed by atoms with Gasteiger partial charge < -0.3 is 14.4 Å². The highest BCUT2D eigenvalue weighted by Crippen LogP contribution is 2.36. The quantitative estimate of drug-likeness (QED) is 0.640. The van der Waals surface area contributed by atoms with E-state index in [2.05, 4.69) is 0 Å². The van der Waals surface area contributed by atoms with Gasteiger partial charge in [0.2, 0.25) is 0 Å². The number of halogens is 1. The van der Waals surface area contributed by atoms with Crippen LogP contribution in [0.25, 0.3) is 10.1 Å². The molecule has 0 bridgehead atoms. The van der Waals surface area contributed by atoms with Gasteiger partial charge >= 0.3 is 0 Å². The first-order valence-electron chi connectivity index (χ1n) is 7.69. The van der Waals surface area contributed by atoms with E-state index in [9.17, 15) is 4.79 Å². The van der Waals surface area contributed by atoms with Crippen LogP contribution < -0.4 is 9.47 Å². The van der Waals surface area contributed by atoms with E-state index in [1.165, 1.54) is 11.3 Å². The van der Waals surface area contributed by atoms with Gasteiger partial charge in [0.25, 0.3) is 5.91 Å². The molecule has 2 aromatic carbocycles. The number of thiophene rings is 1.